The van der Waals surface area contributed by atoms with E-state index in [-0.39, 0.29) is 60.7 Å². The minimum absolute atomic E-state index is 0.00623. The number of carbonyl (C=O) groups excluding carboxylic acids is 4. The molecule has 0 spiro atoms. The van der Waals surface area contributed by atoms with Gasteiger partial charge in [0.15, 0.2) is 0 Å². The Morgan fingerprint density at radius 1 is 0.867 bits per heavy atom. The van der Waals surface area contributed by atoms with Crippen molar-refractivity contribution in [3.63, 3.8) is 0 Å². The lowest BCUT2D eigenvalue weighted by Crippen LogP contribution is -2.59. The molecular formula is C44H51F2N9O5. The van der Waals surface area contributed by atoms with Crippen molar-refractivity contribution < 1.29 is 32.7 Å². The van der Waals surface area contributed by atoms with Crippen molar-refractivity contribution in [2.75, 3.05) is 86.0 Å². The predicted octanol–water partition coefficient (Wildman–Crippen LogP) is 4.78. The smallest absolute Gasteiger partial charge is 0.322 e. The number of nitriles is 1. The molecule has 5 amide bonds. The van der Waals surface area contributed by atoms with Crippen LogP contribution in [-0.2, 0) is 16.1 Å². The zero-order valence-electron chi connectivity index (χ0n) is 34.3. The summed E-state index contributed by atoms with van der Waals surface area (Å²) in [7, 11) is 1.54. The maximum atomic E-state index is 15.6. The lowest BCUT2D eigenvalue weighted by molar-refractivity contribution is -0.136. The third kappa shape index (κ3) is 8.15. The zero-order valence-corrected chi connectivity index (χ0v) is 34.3. The van der Waals surface area contributed by atoms with Crippen LogP contribution in [0.2, 0.25) is 0 Å². The van der Waals surface area contributed by atoms with E-state index in [1.165, 1.54) is 24.1 Å². The van der Waals surface area contributed by atoms with Gasteiger partial charge in [-0.2, -0.15) is 5.26 Å². The molecular weight excluding hydrogens is 773 g/mol. The number of piperidine rings is 2. The number of urea groups is 1. The number of amides is 5. The summed E-state index contributed by atoms with van der Waals surface area (Å²) in [5.41, 5.74) is 3.71. The first-order chi connectivity index (χ1) is 28.9. The van der Waals surface area contributed by atoms with E-state index in [1.807, 2.05) is 30.9 Å². The molecule has 5 aliphatic heterocycles. The number of methoxy groups -OCH3 is 1. The number of rotatable bonds is 8. The van der Waals surface area contributed by atoms with Crippen LogP contribution >= 0.6 is 0 Å². The van der Waals surface area contributed by atoms with E-state index in [0.717, 1.165) is 38.2 Å². The monoisotopic (exact) mass is 823 g/mol. The molecule has 0 aromatic heterocycles. The Labute approximate surface area is 348 Å². The van der Waals surface area contributed by atoms with Gasteiger partial charge in [0.25, 0.3) is 5.91 Å². The number of fused-ring (bicyclic) bond motifs is 1. The molecule has 3 aromatic rings. The Bertz CT molecular complexity index is 2220. The Morgan fingerprint density at radius 3 is 2.30 bits per heavy atom. The maximum Gasteiger partial charge on any atom is 0.322 e. The van der Waals surface area contributed by atoms with Crippen LogP contribution < -0.4 is 30.1 Å². The number of nitrogens with one attached hydrogen (secondary N) is 2. The van der Waals surface area contributed by atoms with Crippen molar-refractivity contribution in [3.8, 4) is 11.8 Å². The first-order valence-corrected chi connectivity index (χ1v) is 20.8. The molecule has 0 aliphatic carbocycles. The van der Waals surface area contributed by atoms with Gasteiger partial charge in [-0.25, -0.2) is 13.6 Å². The minimum Gasteiger partial charge on any atom is -0.495 e. The highest BCUT2D eigenvalue weighted by Gasteiger charge is 2.40. The zero-order chi connectivity index (χ0) is 42.2. The second-order valence-electron chi connectivity index (χ2n) is 16.7. The van der Waals surface area contributed by atoms with E-state index < -0.39 is 17.8 Å². The fourth-order valence-electron chi connectivity index (χ4n) is 9.47. The fraction of sp³-hybridized carbons (Fsp3) is 0.477. The van der Waals surface area contributed by atoms with Crippen LogP contribution in [-0.4, -0.2) is 123 Å². The fourth-order valence-corrected chi connectivity index (χ4v) is 9.47. The lowest BCUT2D eigenvalue weighted by atomic mass is 9.95. The normalized spacial score (nSPS) is 22.8. The summed E-state index contributed by atoms with van der Waals surface area (Å²) in [6, 6.07) is 14.4. The highest BCUT2D eigenvalue weighted by atomic mass is 19.1. The predicted molar refractivity (Wildman–Crippen MR) is 222 cm³/mol. The molecule has 5 heterocycles. The Kier molecular flexibility index (Phi) is 11.5. The Hall–Kier alpha value is -5.95. The van der Waals surface area contributed by atoms with Gasteiger partial charge in [-0.05, 0) is 87.1 Å². The molecule has 316 valence electrons. The number of imide groups is 1. The second kappa shape index (κ2) is 17.0. The third-order valence-electron chi connectivity index (χ3n) is 12.9. The number of carbonyl (C=O) groups is 4. The first-order valence-electron chi connectivity index (χ1n) is 20.8. The largest absolute Gasteiger partial charge is 0.495 e. The van der Waals surface area contributed by atoms with E-state index >= 15 is 8.78 Å². The van der Waals surface area contributed by atoms with Crippen LogP contribution in [0.3, 0.4) is 0 Å². The molecule has 0 saturated carbocycles. The van der Waals surface area contributed by atoms with Gasteiger partial charge < -0.3 is 34.6 Å². The van der Waals surface area contributed by atoms with Gasteiger partial charge in [0.05, 0.1) is 24.0 Å². The molecule has 2 N–H and O–H groups in total. The summed E-state index contributed by atoms with van der Waals surface area (Å²) < 4.78 is 36.4. The Balaban J connectivity index is 0.794. The number of hydrogen-bond acceptors (Lipinski definition) is 10. The van der Waals surface area contributed by atoms with Gasteiger partial charge in [0, 0.05) is 107 Å². The van der Waals surface area contributed by atoms with E-state index in [4.69, 9.17) is 4.74 Å². The summed E-state index contributed by atoms with van der Waals surface area (Å²) in [6.07, 6.45) is 2.24. The van der Waals surface area contributed by atoms with Gasteiger partial charge in [0.1, 0.15) is 29.5 Å². The molecule has 4 fully saturated rings. The van der Waals surface area contributed by atoms with Crippen molar-refractivity contribution in [3.05, 3.63) is 76.9 Å². The van der Waals surface area contributed by atoms with Gasteiger partial charge in [-0.1, -0.05) is 0 Å². The number of nitrogens with zero attached hydrogens (tertiary/aromatic N) is 7. The van der Waals surface area contributed by atoms with Crippen LogP contribution in [0.25, 0.3) is 0 Å². The summed E-state index contributed by atoms with van der Waals surface area (Å²) >= 11 is 0. The van der Waals surface area contributed by atoms with Gasteiger partial charge in [-0.3, -0.25) is 24.6 Å². The second-order valence-corrected chi connectivity index (χ2v) is 16.7. The lowest BCUT2D eigenvalue weighted by Gasteiger charge is -2.45. The number of ether oxygens (including phenoxy) is 1. The van der Waals surface area contributed by atoms with Crippen molar-refractivity contribution in [1.29, 1.82) is 5.26 Å². The first kappa shape index (κ1) is 40.8. The van der Waals surface area contributed by atoms with Crippen LogP contribution in [0.5, 0.6) is 5.75 Å². The number of benzene rings is 3. The molecule has 60 heavy (non-hydrogen) atoms. The van der Waals surface area contributed by atoms with Crippen molar-refractivity contribution in [2.45, 2.75) is 64.2 Å². The molecule has 14 nitrogen and oxygen atoms in total. The molecule has 3 aromatic carbocycles. The molecule has 3 atom stereocenters. The average molecular weight is 824 g/mol. The van der Waals surface area contributed by atoms with Crippen molar-refractivity contribution in [2.24, 2.45) is 5.92 Å². The molecule has 1 unspecified atom stereocenters. The molecule has 0 radical (unpaired) electrons. The van der Waals surface area contributed by atoms with Crippen LogP contribution in [0.1, 0.15) is 61.0 Å². The number of piperazine rings is 2. The van der Waals surface area contributed by atoms with Crippen LogP contribution in [0.4, 0.5) is 36.3 Å². The van der Waals surface area contributed by atoms with Gasteiger partial charge >= 0.3 is 6.03 Å². The van der Waals surface area contributed by atoms with E-state index in [9.17, 15) is 24.4 Å². The highest BCUT2D eigenvalue weighted by molar-refractivity contribution is 6.05. The van der Waals surface area contributed by atoms with Crippen molar-refractivity contribution >= 4 is 46.5 Å². The molecule has 0 bridgehead atoms. The third-order valence-corrected chi connectivity index (χ3v) is 12.9. The summed E-state index contributed by atoms with van der Waals surface area (Å²) in [4.78, 5) is 62.5. The summed E-state index contributed by atoms with van der Waals surface area (Å²) in [5, 5.41) is 14.6. The van der Waals surface area contributed by atoms with Gasteiger partial charge in [-0.15, -0.1) is 0 Å². The highest BCUT2D eigenvalue weighted by Crippen LogP contribution is 2.35. The van der Waals surface area contributed by atoms with Crippen LogP contribution in [0, 0.1) is 28.9 Å². The number of hydrogen-bond donors (Lipinski definition) is 2. The van der Waals surface area contributed by atoms with Crippen molar-refractivity contribution in [1.82, 2.24) is 20.0 Å². The van der Waals surface area contributed by atoms with Crippen LogP contribution in [0.15, 0.2) is 48.5 Å². The topological polar surface area (TPSA) is 145 Å². The number of anilines is 4. The quantitative estimate of drug-likeness (QED) is 0.305. The van der Waals surface area contributed by atoms with E-state index in [0.29, 0.717) is 79.1 Å². The average Bonchev–Trinajstić information content (AvgIpc) is 3.55. The summed E-state index contributed by atoms with van der Waals surface area (Å²) in [5.74, 6) is -1.12. The molecule has 8 rings (SSSR count). The molecule has 4 saturated heterocycles. The number of halogens is 2. The maximum absolute atomic E-state index is 15.6. The SMILES string of the molecule is COc1cc(N2C[C@@H](C)N(C(=O)Nc3ccc(N4CCC(CN5CCN(c6cc7c(cc6F)C(=O)N(C6CCC(=O)NC6=O)C7)CC5)CC4)c(F)c3)C[C@@H]2C)ccc1C#N. The van der Waals surface area contributed by atoms with E-state index in [2.05, 4.69) is 31.4 Å². The molecule has 16 heteroatoms. The minimum atomic E-state index is -0.745. The summed E-state index contributed by atoms with van der Waals surface area (Å²) in [6.45, 7) is 10.4. The standard InChI is InChI=1S/C44H51F2N9O5/c1-27-24-54(28(2)23-53(27)33-6-4-30(22-47)40(20-33)60-3)44(59)48-32-5-7-37(35(45)19-32)51-12-10-29(11-13-51)25-50-14-16-52(17-15-50)39-18-31-26-55(43(58)34(31)21-36(39)46)38-8-9-41(56)49-42(38)57/h4-7,18-21,27-29,38H,8-17,23-26H2,1-3H3,(H,48,59)(H,49,56,57)/t27-,28+,38?/m0/s1. The molecule has 5 aliphatic rings. The van der Waals surface area contributed by atoms with Gasteiger partial charge in [0.2, 0.25) is 11.8 Å². The Morgan fingerprint density at radius 2 is 1.60 bits per heavy atom. The van der Waals surface area contributed by atoms with E-state index in [1.54, 1.807) is 29.2 Å².